The first-order chi connectivity index (χ1) is 6.49. The van der Waals surface area contributed by atoms with Crippen molar-refractivity contribution in [3.63, 3.8) is 0 Å². The summed E-state index contributed by atoms with van der Waals surface area (Å²) in [5.74, 6) is 0.149. The Hall–Kier alpha value is -0.610. The number of hydrogen-bond acceptors (Lipinski definition) is 3. The Morgan fingerprint density at radius 1 is 1.57 bits per heavy atom. The molecule has 0 saturated carbocycles. The van der Waals surface area contributed by atoms with Crippen molar-refractivity contribution in [2.75, 3.05) is 26.8 Å². The van der Waals surface area contributed by atoms with Crippen molar-refractivity contribution in [1.29, 1.82) is 0 Å². The van der Waals surface area contributed by atoms with Crippen LogP contribution in [0.4, 0.5) is 0 Å². The Bertz CT molecular complexity index is 216. The largest absolute Gasteiger partial charge is 0.377 e. The van der Waals surface area contributed by atoms with Crippen molar-refractivity contribution in [2.45, 2.75) is 32.4 Å². The summed E-state index contributed by atoms with van der Waals surface area (Å²) < 4.78 is 5.29. The predicted octanol–water partition coefficient (Wildman–Crippen LogP) is 0.232. The van der Waals surface area contributed by atoms with E-state index in [1.165, 1.54) is 0 Å². The van der Waals surface area contributed by atoms with Gasteiger partial charge in [0.25, 0.3) is 0 Å². The second kappa shape index (κ2) is 4.28. The minimum absolute atomic E-state index is 0.149. The SMILES string of the molecule is CNC(C)(C)C(=O)N1CCOC[C@H]1C. The molecule has 0 aromatic carbocycles. The number of carbonyl (C=O) groups is 1. The van der Waals surface area contributed by atoms with Crippen LogP contribution >= 0.6 is 0 Å². The number of nitrogens with zero attached hydrogens (tertiary/aromatic N) is 1. The number of morpholine rings is 1. The van der Waals surface area contributed by atoms with Crippen LogP contribution < -0.4 is 5.32 Å². The molecule has 1 aliphatic rings. The maximum atomic E-state index is 12.1. The van der Waals surface area contributed by atoms with Crippen molar-refractivity contribution in [2.24, 2.45) is 0 Å². The summed E-state index contributed by atoms with van der Waals surface area (Å²) in [5.41, 5.74) is -0.481. The van der Waals surface area contributed by atoms with Gasteiger partial charge in [-0.25, -0.2) is 0 Å². The average molecular weight is 200 g/mol. The molecule has 1 heterocycles. The highest BCUT2D eigenvalue weighted by atomic mass is 16.5. The van der Waals surface area contributed by atoms with E-state index in [0.29, 0.717) is 19.8 Å². The molecule has 0 bridgehead atoms. The zero-order valence-corrected chi connectivity index (χ0v) is 9.46. The Balaban J connectivity index is 2.67. The topological polar surface area (TPSA) is 41.6 Å². The molecular formula is C10H20N2O2. The van der Waals surface area contributed by atoms with Gasteiger partial charge in [0, 0.05) is 6.54 Å². The number of ether oxygens (including phenoxy) is 1. The van der Waals surface area contributed by atoms with E-state index in [9.17, 15) is 4.79 Å². The molecule has 1 fully saturated rings. The Kier molecular flexibility index (Phi) is 3.50. The fraction of sp³-hybridized carbons (Fsp3) is 0.900. The highest BCUT2D eigenvalue weighted by Crippen LogP contribution is 2.13. The first-order valence-electron chi connectivity index (χ1n) is 5.07. The van der Waals surface area contributed by atoms with E-state index in [1.807, 2.05) is 32.7 Å². The molecule has 1 amide bonds. The molecule has 1 aliphatic heterocycles. The molecule has 0 unspecified atom stereocenters. The smallest absolute Gasteiger partial charge is 0.242 e. The first-order valence-corrected chi connectivity index (χ1v) is 5.07. The lowest BCUT2D eigenvalue weighted by Crippen LogP contribution is -2.58. The van der Waals surface area contributed by atoms with Gasteiger partial charge in [-0.2, -0.15) is 0 Å². The molecule has 4 nitrogen and oxygen atoms in total. The van der Waals surface area contributed by atoms with Gasteiger partial charge in [-0.3, -0.25) is 4.79 Å². The molecule has 14 heavy (non-hydrogen) atoms. The third-order valence-corrected chi connectivity index (χ3v) is 2.79. The van der Waals surface area contributed by atoms with Gasteiger partial charge >= 0.3 is 0 Å². The second-order valence-corrected chi connectivity index (χ2v) is 4.30. The van der Waals surface area contributed by atoms with Crippen molar-refractivity contribution < 1.29 is 9.53 Å². The van der Waals surface area contributed by atoms with E-state index in [1.54, 1.807) is 0 Å². The Morgan fingerprint density at radius 2 is 2.21 bits per heavy atom. The van der Waals surface area contributed by atoms with Crippen LogP contribution in [-0.2, 0) is 9.53 Å². The molecule has 0 aromatic rings. The normalized spacial score (nSPS) is 23.7. The molecule has 1 atom stereocenters. The monoisotopic (exact) mass is 200 g/mol. The fourth-order valence-electron chi connectivity index (χ4n) is 1.49. The molecule has 0 aliphatic carbocycles. The summed E-state index contributed by atoms with van der Waals surface area (Å²) >= 11 is 0. The van der Waals surface area contributed by atoms with E-state index in [-0.39, 0.29) is 11.9 Å². The zero-order chi connectivity index (χ0) is 10.8. The van der Waals surface area contributed by atoms with E-state index < -0.39 is 5.54 Å². The maximum Gasteiger partial charge on any atom is 0.242 e. The van der Waals surface area contributed by atoms with Crippen LogP contribution in [0.15, 0.2) is 0 Å². The van der Waals surface area contributed by atoms with Gasteiger partial charge in [-0.05, 0) is 27.8 Å². The van der Waals surface area contributed by atoms with Crippen molar-refractivity contribution in [3.8, 4) is 0 Å². The van der Waals surface area contributed by atoms with E-state index >= 15 is 0 Å². The van der Waals surface area contributed by atoms with Crippen molar-refractivity contribution in [1.82, 2.24) is 10.2 Å². The lowest BCUT2D eigenvalue weighted by Gasteiger charge is -2.38. The number of nitrogens with one attached hydrogen (secondary N) is 1. The van der Waals surface area contributed by atoms with Crippen LogP contribution in [0, 0.1) is 0 Å². The molecule has 0 radical (unpaired) electrons. The Morgan fingerprint density at radius 3 is 2.71 bits per heavy atom. The van der Waals surface area contributed by atoms with Crippen LogP contribution in [0.1, 0.15) is 20.8 Å². The number of rotatable bonds is 2. The van der Waals surface area contributed by atoms with E-state index in [2.05, 4.69) is 5.32 Å². The highest BCUT2D eigenvalue weighted by Gasteiger charge is 2.33. The van der Waals surface area contributed by atoms with Gasteiger partial charge in [-0.1, -0.05) is 0 Å². The summed E-state index contributed by atoms with van der Waals surface area (Å²) in [6.45, 7) is 7.81. The van der Waals surface area contributed by atoms with Crippen LogP contribution in [0.5, 0.6) is 0 Å². The predicted molar refractivity (Wildman–Crippen MR) is 55.1 cm³/mol. The number of likely N-dealkylation sites (N-methyl/N-ethyl adjacent to an activating group) is 1. The summed E-state index contributed by atoms with van der Waals surface area (Å²) in [6.07, 6.45) is 0. The maximum absolute atomic E-state index is 12.1. The lowest BCUT2D eigenvalue weighted by molar-refractivity contribution is -0.144. The highest BCUT2D eigenvalue weighted by molar-refractivity contribution is 5.85. The lowest BCUT2D eigenvalue weighted by atomic mass is 10.0. The number of carbonyl (C=O) groups excluding carboxylic acids is 1. The summed E-state index contributed by atoms with van der Waals surface area (Å²) in [6, 6.07) is 0.184. The van der Waals surface area contributed by atoms with Crippen molar-refractivity contribution >= 4 is 5.91 Å². The summed E-state index contributed by atoms with van der Waals surface area (Å²) in [7, 11) is 1.81. The van der Waals surface area contributed by atoms with E-state index in [4.69, 9.17) is 4.74 Å². The standard InChI is InChI=1S/C10H20N2O2/c1-8-7-14-6-5-12(8)9(13)10(2,3)11-4/h8,11H,5-7H2,1-4H3/t8-/m1/s1. The third kappa shape index (κ3) is 2.25. The molecule has 1 N–H and O–H groups in total. The molecule has 82 valence electrons. The quantitative estimate of drug-likeness (QED) is 0.694. The molecular weight excluding hydrogens is 180 g/mol. The summed E-state index contributed by atoms with van der Waals surface area (Å²) in [5, 5.41) is 3.03. The molecule has 0 spiro atoms. The van der Waals surface area contributed by atoms with Crippen LogP contribution in [0.25, 0.3) is 0 Å². The Labute approximate surface area is 85.6 Å². The minimum atomic E-state index is -0.481. The van der Waals surface area contributed by atoms with E-state index in [0.717, 1.165) is 0 Å². The van der Waals surface area contributed by atoms with Crippen molar-refractivity contribution in [3.05, 3.63) is 0 Å². The van der Waals surface area contributed by atoms with Crippen LogP contribution in [0.2, 0.25) is 0 Å². The number of hydrogen-bond donors (Lipinski definition) is 1. The van der Waals surface area contributed by atoms with Gasteiger partial charge in [-0.15, -0.1) is 0 Å². The van der Waals surface area contributed by atoms with Gasteiger partial charge < -0.3 is 15.0 Å². The number of amides is 1. The second-order valence-electron chi connectivity index (χ2n) is 4.30. The van der Waals surface area contributed by atoms with Gasteiger partial charge in [0.2, 0.25) is 5.91 Å². The summed E-state index contributed by atoms with van der Waals surface area (Å²) in [4.78, 5) is 14.0. The van der Waals surface area contributed by atoms with Gasteiger partial charge in [0.1, 0.15) is 0 Å². The van der Waals surface area contributed by atoms with Gasteiger partial charge in [0.15, 0.2) is 0 Å². The molecule has 0 aromatic heterocycles. The van der Waals surface area contributed by atoms with Gasteiger partial charge in [0.05, 0.1) is 24.8 Å². The molecule has 1 rings (SSSR count). The average Bonchev–Trinajstić information content (AvgIpc) is 2.17. The zero-order valence-electron chi connectivity index (χ0n) is 9.46. The third-order valence-electron chi connectivity index (χ3n) is 2.79. The minimum Gasteiger partial charge on any atom is -0.377 e. The van der Waals surface area contributed by atoms with Crippen LogP contribution in [0.3, 0.4) is 0 Å². The molecule has 4 heteroatoms. The molecule has 1 saturated heterocycles. The first kappa shape index (κ1) is 11.5. The van der Waals surface area contributed by atoms with Crippen LogP contribution in [-0.4, -0.2) is 49.2 Å². The fourth-order valence-corrected chi connectivity index (χ4v) is 1.49.